The van der Waals surface area contributed by atoms with E-state index in [1.54, 1.807) is 0 Å². The molecule has 0 radical (unpaired) electrons. The van der Waals surface area contributed by atoms with Gasteiger partial charge in [-0.25, -0.2) is 0 Å². The quantitative estimate of drug-likeness (QED) is 0.791. The molecule has 1 N–H and O–H groups in total. The molecule has 2 saturated heterocycles. The second-order valence-corrected chi connectivity index (χ2v) is 6.38. The summed E-state index contributed by atoms with van der Waals surface area (Å²) in [7, 11) is 0. The molecule has 3 unspecified atom stereocenters. The van der Waals surface area contributed by atoms with Gasteiger partial charge >= 0.3 is 0 Å². The normalized spacial score (nSPS) is 38.4. The molecular formula is C12H24N2S. The van der Waals surface area contributed by atoms with Crippen LogP contribution in [0.4, 0.5) is 0 Å². The molecule has 0 spiro atoms. The zero-order valence-corrected chi connectivity index (χ0v) is 10.9. The molecule has 15 heavy (non-hydrogen) atoms. The Balaban J connectivity index is 1.65. The molecule has 0 aromatic carbocycles. The van der Waals surface area contributed by atoms with Crippen molar-refractivity contribution in [2.45, 2.75) is 26.3 Å². The third-order valence-electron chi connectivity index (χ3n) is 3.86. The van der Waals surface area contributed by atoms with Crippen molar-refractivity contribution in [3.8, 4) is 0 Å². The summed E-state index contributed by atoms with van der Waals surface area (Å²) in [5, 5.41) is 3.62. The largest absolute Gasteiger partial charge is 0.312 e. The van der Waals surface area contributed by atoms with E-state index in [1.807, 2.05) is 0 Å². The van der Waals surface area contributed by atoms with Gasteiger partial charge in [-0.3, -0.25) is 0 Å². The fourth-order valence-corrected chi connectivity index (χ4v) is 3.57. The predicted molar refractivity (Wildman–Crippen MR) is 68.5 cm³/mol. The van der Waals surface area contributed by atoms with Crippen molar-refractivity contribution in [2.24, 2.45) is 11.8 Å². The Morgan fingerprint density at radius 1 is 1.27 bits per heavy atom. The van der Waals surface area contributed by atoms with Crippen molar-refractivity contribution in [3.63, 3.8) is 0 Å². The first kappa shape index (κ1) is 11.7. The van der Waals surface area contributed by atoms with Crippen LogP contribution in [0.15, 0.2) is 0 Å². The molecule has 2 aliphatic heterocycles. The third kappa shape index (κ3) is 3.36. The van der Waals surface area contributed by atoms with E-state index in [0.717, 1.165) is 17.9 Å². The highest BCUT2D eigenvalue weighted by Crippen LogP contribution is 2.22. The minimum Gasteiger partial charge on any atom is -0.312 e. The van der Waals surface area contributed by atoms with E-state index in [-0.39, 0.29) is 0 Å². The number of rotatable bonds is 3. The van der Waals surface area contributed by atoms with Gasteiger partial charge in [-0.1, -0.05) is 13.8 Å². The topological polar surface area (TPSA) is 15.3 Å². The first-order chi connectivity index (χ1) is 7.25. The highest BCUT2D eigenvalue weighted by atomic mass is 32.2. The zero-order chi connectivity index (χ0) is 10.7. The van der Waals surface area contributed by atoms with E-state index in [2.05, 4.69) is 35.8 Å². The average molecular weight is 228 g/mol. The highest BCUT2D eigenvalue weighted by Gasteiger charge is 2.26. The average Bonchev–Trinajstić information content (AvgIpc) is 2.57. The van der Waals surface area contributed by atoms with Gasteiger partial charge in [0, 0.05) is 37.2 Å². The lowest BCUT2D eigenvalue weighted by Crippen LogP contribution is -2.39. The summed E-state index contributed by atoms with van der Waals surface area (Å²) in [5.74, 6) is 4.42. The number of hydrogen-bond acceptors (Lipinski definition) is 3. The number of hydrogen-bond donors (Lipinski definition) is 1. The van der Waals surface area contributed by atoms with Crippen molar-refractivity contribution in [1.29, 1.82) is 0 Å². The molecule has 2 aliphatic rings. The number of nitrogens with zero attached hydrogens (tertiary/aromatic N) is 1. The lowest BCUT2D eigenvalue weighted by atomic mass is 10.0. The zero-order valence-electron chi connectivity index (χ0n) is 10.0. The highest BCUT2D eigenvalue weighted by molar-refractivity contribution is 7.99. The Hall–Kier alpha value is 0.270. The molecular weight excluding hydrogens is 204 g/mol. The Kier molecular flexibility index (Phi) is 4.35. The molecule has 0 aliphatic carbocycles. The molecule has 0 saturated carbocycles. The van der Waals surface area contributed by atoms with Crippen LogP contribution in [0.25, 0.3) is 0 Å². The fraction of sp³-hybridized carbons (Fsp3) is 1.00. The third-order valence-corrected chi connectivity index (χ3v) is 4.99. The second kappa shape index (κ2) is 5.55. The standard InChI is InChI=1S/C12H24N2S/c1-10-7-14(8-11(10)2)5-3-12-9-15-6-4-13-12/h10-13H,3-9H2,1-2H3. The van der Waals surface area contributed by atoms with Crippen molar-refractivity contribution < 1.29 is 0 Å². The lowest BCUT2D eigenvalue weighted by Gasteiger charge is -2.25. The Labute approximate surface area is 98.2 Å². The van der Waals surface area contributed by atoms with E-state index < -0.39 is 0 Å². The molecule has 0 bridgehead atoms. The number of likely N-dealkylation sites (tertiary alicyclic amines) is 1. The maximum atomic E-state index is 3.62. The Morgan fingerprint density at radius 2 is 2.00 bits per heavy atom. The van der Waals surface area contributed by atoms with E-state index in [0.29, 0.717) is 0 Å². The first-order valence-corrected chi connectivity index (χ1v) is 7.44. The van der Waals surface area contributed by atoms with Gasteiger partial charge in [0.25, 0.3) is 0 Å². The van der Waals surface area contributed by atoms with Crippen LogP contribution in [0.5, 0.6) is 0 Å². The van der Waals surface area contributed by atoms with Gasteiger partial charge in [-0.15, -0.1) is 0 Å². The summed E-state index contributed by atoms with van der Waals surface area (Å²) < 4.78 is 0. The lowest BCUT2D eigenvalue weighted by molar-refractivity contribution is 0.302. The Bertz CT molecular complexity index is 182. The number of thioether (sulfide) groups is 1. The minimum atomic E-state index is 0.773. The van der Waals surface area contributed by atoms with Crippen LogP contribution in [0.3, 0.4) is 0 Å². The van der Waals surface area contributed by atoms with Crippen molar-refractivity contribution >= 4 is 11.8 Å². The van der Waals surface area contributed by atoms with E-state index >= 15 is 0 Å². The van der Waals surface area contributed by atoms with Crippen molar-refractivity contribution in [1.82, 2.24) is 10.2 Å². The van der Waals surface area contributed by atoms with E-state index in [9.17, 15) is 0 Å². The van der Waals surface area contributed by atoms with Gasteiger partial charge in [0.2, 0.25) is 0 Å². The van der Waals surface area contributed by atoms with Crippen LogP contribution >= 0.6 is 11.8 Å². The van der Waals surface area contributed by atoms with Crippen molar-refractivity contribution in [2.75, 3.05) is 37.7 Å². The smallest absolute Gasteiger partial charge is 0.0170 e. The van der Waals surface area contributed by atoms with Crippen LogP contribution in [0.1, 0.15) is 20.3 Å². The van der Waals surface area contributed by atoms with Gasteiger partial charge in [0.1, 0.15) is 0 Å². The monoisotopic (exact) mass is 228 g/mol. The summed E-state index contributed by atoms with van der Waals surface area (Å²) in [6, 6.07) is 0.773. The SMILES string of the molecule is CC1CN(CCC2CSCCN2)CC1C. The predicted octanol–water partition coefficient (Wildman–Crippen LogP) is 1.67. The van der Waals surface area contributed by atoms with Crippen LogP contribution in [0, 0.1) is 11.8 Å². The Morgan fingerprint density at radius 3 is 2.60 bits per heavy atom. The summed E-state index contributed by atoms with van der Waals surface area (Å²) in [6.45, 7) is 9.93. The molecule has 0 aromatic heterocycles. The number of nitrogens with one attached hydrogen (secondary N) is 1. The van der Waals surface area contributed by atoms with Crippen molar-refractivity contribution in [3.05, 3.63) is 0 Å². The maximum Gasteiger partial charge on any atom is 0.0170 e. The molecule has 3 heteroatoms. The summed E-state index contributed by atoms with van der Waals surface area (Å²) in [6.07, 6.45) is 1.34. The van der Waals surface area contributed by atoms with Crippen LogP contribution in [-0.4, -0.2) is 48.6 Å². The van der Waals surface area contributed by atoms with Gasteiger partial charge in [-0.2, -0.15) is 11.8 Å². The summed E-state index contributed by atoms with van der Waals surface area (Å²) in [5.41, 5.74) is 0. The van der Waals surface area contributed by atoms with Gasteiger partial charge in [0.15, 0.2) is 0 Å². The summed E-state index contributed by atoms with van der Waals surface area (Å²) in [4.78, 5) is 2.65. The van der Waals surface area contributed by atoms with Gasteiger partial charge in [0.05, 0.1) is 0 Å². The summed E-state index contributed by atoms with van der Waals surface area (Å²) >= 11 is 2.11. The fourth-order valence-electron chi connectivity index (χ4n) is 2.58. The molecule has 2 fully saturated rings. The molecule has 0 amide bonds. The van der Waals surface area contributed by atoms with Crippen LogP contribution in [-0.2, 0) is 0 Å². The second-order valence-electron chi connectivity index (χ2n) is 5.23. The van der Waals surface area contributed by atoms with E-state index in [1.165, 1.54) is 44.1 Å². The molecule has 88 valence electrons. The molecule has 3 atom stereocenters. The molecule has 2 heterocycles. The molecule has 2 rings (SSSR count). The van der Waals surface area contributed by atoms with Crippen LogP contribution < -0.4 is 5.32 Å². The van der Waals surface area contributed by atoms with Gasteiger partial charge < -0.3 is 10.2 Å². The van der Waals surface area contributed by atoms with Gasteiger partial charge in [-0.05, 0) is 24.8 Å². The van der Waals surface area contributed by atoms with Crippen LogP contribution in [0.2, 0.25) is 0 Å². The molecule has 0 aromatic rings. The molecule has 2 nitrogen and oxygen atoms in total. The minimum absolute atomic E-state index is 0.773. The maximum absolute atomic E-state index is 3.62. The van der Waals surface area contributed by atoms with E-state index in [4.69, 9.17) is 0 Å². The first-order valence-electron chi connectivity index (χ1n) is 6.29.